The lowest BCUT2D eigenvalue weighted by Crippen LogP contribution is -2.35. The highest BCUT2D eigenvalue weighted by molar-refractivity contribution is 5.92. The summed E-state index contributed by atoms with van der Waals surface area (Å²) < 4.78 is 0. The molecule has 2 rings (SSSR count). The van der Waals surface area contributed by atoms with E-state index < -0.39 is 5.91 Å². The van der Waals surface area contributed by atoms with Crippen LogP contribution in [0.4, 0.5) is 5.82 Å². The summed E-state index contributed by atoms with van der Waals surface area (Å²) in [6, 6.07) is 3.90. The molecular weight excluding hydrogens is 204 g/mol. The smallest absolute Gasteiger partial charge is 0.250 e. The van der Waals surface area contributed by atoms with Gasteiger partial charge in [-0.15, -0.1) is 0 Å². The van der Waals surface area contributed by atoms with Crippen molar-refractivity contribution in [3.8, 4) is 0 Å². The summed E-state index contributed by atoms with van der Waals surface area (Å²) >= 11 is 0. The monoisotopic (exact) mass is 220 g/mol. The first kappa shape index (κ1) is 10.9. The number of pyridine rings is 1. The van der Waals surface area contributed by atoms with Gasteiger partial charge in [0.05, 0.1) is 5.56 Å². The van der Waals surface area contributed by atoms with Gasteiger partial charge in [0.25, 0.3) is 0 Å². The van der Waals surface area contributed by atoms with Gasteiger partial charge in [0, 0.05) is 25.3 Å². The molecule has 1 aliphatic rings. The first-order chi connectivity index (χ1) is 7.72. The Hall–Kier alpha value is -1.62. The summed E-state index contributed by atoms with van der Waals surface area (Å²) in [6.45, 7) is 1.62. The second-order valence-corrected chi connectivity index (χ2v) is 3.99. The van der Waals surface area contributed by atoms with Crippen LogP contribution in [0.3, 0.4) is 0 Å². The van der Waals surface area contributed by atoms with Gasteiger partial charge in [0.15, 0.2) is 0 Å². The fourth-order valence-corrected chi connectivity index (χ4v) is 2.08. The molecule has 86 valence electrons. The highest BCUT2D eigenvalue weighted by Crippen LogP contribution is 2.22. The van der Waals surface area contributed by atoms with E-state index in [9.17, 15) is 4.79 Å². The van der Waals surface area contributed by atoms with E-state index >= 15 is 0 Å². The van der Waals surface area contributed by atoms with E-state index in [1.165, 1.54) is 6.20 Å². The maximum Gasteiger partial charge on any atom is 0.250 e. The van der Waals surface area contributed by atoms with E-state index in [4.69, 9.17) is 11.5 Å². The van der Waals surface area contributed by atoms with Crippen LogP contribution in [0.2, 0.25) is 0 Å². The lowest BCUT2D eigenvalue weighted by Gasteiger charge is -2.24. The zero-order valence-corrected chi connectivity index (χ0v) is 9.10. The second-order valence-electron chi connectivity index (χ2n) is 3.99. The van der Waals surface area contributed by atoms with Crippen LogP contribution in [0.1, 0.15) is 23.2 Å². The fraction of sp³-hybridized carbons (Fsp3) is 0.455. The molecule has 0 aromatic carbocycles. The minimum absolute atomic E-state index is 0.368. The molecule has 4 N–H and O–H groups in total. The Labute approximate surface area is 94.4 Å². The van der Waals surface area contributed by atoms with E-state index in [-0.39, 0.29) is 0 Å². The molecule has 1 aromatic rings. The molecule has 1 fully saturated rings. The predicted octanol–water partition coefficient (Wildman–Crippen LogP) is 0.108. The number of aromatic nitrogens is 1. The Morgan fingerprint density at radius 1 is 1.56 bits per heavy atom. The third-order valence-electron chi connectivity index (χ3n) is 2.98. The summed E-state index contributed by atoms with van der Waals surface area (Å²) in [4.78, 5) is 17.3. The van der Waals surface area contributed by atoms with Gasteiger partial charge in [-0.25, -0.2) is 4.98 Å². The van der Waals surface area contributed by atoms with Crippen molar-refractivity contribution < 1.29 is 4.79 Å². The third kappa shape index (κ3) is 1.99. The average Bonchev–Trinajstić information content (AvgIpc) is 2.77. The van der Waals surface area contributed by atoms with Gasteiger partial charge in [-0.3, -0.25) is 4.79 Å². The largest absolute Gasteiger partial charge is 0.366 e. The van der Waals surface area contributed by atoms with E-state index in [1.807, 2.05) is 6.07 Å². The zero-order chi connectivity index (χ0) is 11.5. The van der Waals surface area contributed by atoms with Gasteiger partial charge in [0.1, 0.15) is 5.82 Å². The number of primary amides is 1. The summed E-state index contributed by atoms with van der Waals surface area (Å²) in [5, 5.41) is 0. The van der Waals surface area contributed by atoms with Gasteiger partial charge in [-0.05, 0) is 25.0 Å². The van der Waals surface area contributed by atoms with Crippen molar-refractivity contribution in [3.05, 3.63) is 23.9 Å². The zero-order valence-electron chi connectivity index (χ0n) is 9.10. The second kappa shape index (κ2) is 4.49. The van der Waals surface area contributed by atoms with Crippen LogP contribution in [0.15, 0.2) is 18.3 Å². The molecule has 1 amide bonds. The van der Waals surface area contributed by atoms with Gasteiger partial charge in [-0.2, -0.15) is 0 Å². The number of amides is 1. The number of rotatable bonds is 3. The summed E-state index contributed by atoms with van der Waals surface area (Å²) in [5.41, 5.74) is 11.3. The van der Waals surface area contributed by atoms with Crippen LogP contribution >= 0.6 is 0 Å². The number of hydrogen-bond donors (Lipinski definition) is 2. The molecule has 0 saturated carbocycles. The van der Waals surface area contributed by atoms with Crippen molar-refractivity contribution >= 4 is 11.7 Å². The quantitative estimate of drug-likeness (QED) is 0.757. The molecule has 5 heteroatoms. The molecule has 1 unspecified atom stereocenters. The maximum atomic E-state index is 10.9. The van der Waals surface area contributed by atoms with E-state index in [1.54, 1.807) is 6.07 Å². The minimum atomic E-state index is -0.448. The molecule has 1 aliphatic heterocycles. The molecule has 0 bridgehead atoms. The van der Waals surface area contributed by atoms with Crippen molar-refractivity contribution in [2.75, 3.05) is 18.0 Å². The molecule has 1 saturated heterocycles. The van der Waals surface area contributed by atoms with Crippen LogP contribution in [0, 0.1) is 0 Å². The van der Waals surface area contributed by atoms with Crippen molar-refractivity contribution in [1.29, 1.82) is 0 Å². The lowest BCUT2D eigenvalue weighted by molar-refractivity contribution is 0.1000. The van der Waals surface area contributed by atoms with E-state index in [2.05, 4.69) is 9.88 Å². The van der Waals surface area contributed by atoms with Crippen molar-refractivity contribution in [2.24, 2.45) is 11.5 Å². The standard InChI is InChI=1S/C11H16N4O/c12-6-9-2-1-5-15(9)10-4-3-8(7-14-10)11(13)16/h3-4,7,9H,1-2,5-6,12H2,(H2,13,16). The number of nitrogens with two attached hydrogens (primary N) is 2. The van der Waals surface area contributed by atoms with Crippen molar-refractivity contribution in [2.45, 2.75) is 18.9 Å². The molecule has 0 aliphatic carbocycles. The molecule has 5 nitrogen and oxygen atoms in total. The average molecular weight is 220 g/mol. The fourth-order valence-electron chi connectivity index (χ4n) is 2.08. The Morgan fingerprint density at radius 3 is 2.94 bits per heavy atom. The van der Waals surface area contributed by atoms with Gasteiger partial charge < -0.3 is 16.4 Å². The van der Waals surface area contributed by atoms with Crippen LogP contribution in [0.5, 0.6) is 0 Å². The molecular formula is C11H16N4O. The normalized spacial score (nSPS) is 20.1. The van der Waals surface area contributed by atoms with Crippen LogP contribution in [-0.4, -0.2) is 30.0 Å². The van der Waals surface area contributed by atoms with Crippen LogP contribution in [-0.2, 0) is 0 Å². The predicted molar refractivity (Wildman–Crippen MR) is 62.2 cm³/mol. The lowest BCUT2D eigenvalue weighted by atomic mass is 10.2. The number of nitrogens with zero attached hydrogens (tertiary/aromatic N) is 2. The number of anilines is 1. The van der Waals surface area contributed by atoms with E-state index in [0.29, 0.717) is 18.2 Å². The third-order valence-corrected chi connectivity index (χ3v) is 2.98. The van der Waals surface area contributed by atoms with Crippen molar-refractivity contribution in [1.82, 2.24) is 4.98 Å². The minimum Gasteiger partial charge on any atom is -0.366 e. The summed E-state index contributed by atoms with van der Waals surface area (Å²) in [6.07, 6.45) is 3.76. The SMILES string of the molecule is NCC1CCCN1c1ccc(C(N)=O)cn1. The first-order valence-corrected chi connectivity index (χ1v) is 5.45. The molecule has 1 aromatic heterocycles. The number of carbonyl (C=O) groups excluding carboxylic acids is 1. The van der Waals surface area contributed by atoms with Crippen LogP contribution in [0.25, 0.3) is 0 Å². The maximum absolute atomic E-state index is 10.9. The molecule has 2 heterocycles. The van der Waals surface area contributed by atoms with Gasteiger partial charge >= 0.3 is 0 Å². The Balaban J connectivity index is 2.18. The molecule has 1 atom stereocenters. The molecule has 0 spiro atoms. The van der Waals surface area contributed by atoms with E-state index in [0.717, 1.165) is 25.2 Å². The highest BCUT2D eigenvalue weighted by atomic mass is 16.1. The van der Waals surface area contributed by atoms with Gasteiger partial charge in [0.2, 0.25) is 5.91 Å². The topological polar surface area (TPSA) is 85.2 Å². The summed E-state index contributed by atoms with van der Waals surface area (Å²) in [5.74, 6) is 0.425. The number of hydrogen-bond acceptors (Lipinski definition) is 4. The first-order valence-electron chi connectivity index (χ1n) is 5.45. The van der Waals surface area contributed by atoms with Crippen LogP contribution < -0.4 is 16.4 Å². The summed E-state index contributed by atoms with van der Waals surface area (Å²) in [7, 11) is 0. The Kier molecular flexibility index (Phi) is 3.05. The molecule has 0 radical (unpaired) electrons. The highest BCUT2D eigenvalue weighted by Gasteiger charge is 2.24. The van der Waals surface area contributed by atoms with Gasteiger partial charge in [-0.1, -0.05) is 0 Å². The number of carbonyl (C=O) groups is 1. The van der Waals surface area contributed by atoms with Crippen molar-refractivity contribution in [3.63, 3.8) is 0 Å². The molecule has 16 heavy (non-hydrogen) atoms. The Bertz CT molecular complexity index is 376. The Morgan fingerprint density at radius 2 is 2.38 bits per heavy atom.